The van der Waals surface area contributed by atoms with Crippen LogP contribution in [0.3, 0.4) is 0 Å². The van der Waals surface area contributed by atoms with E-state index in [1.807, 2.05) is 20.8 Å². The van der Waals surface area contributed by atoms with Gasteiger partial charge in [-0.25, -0.2) is 4.79 Å². The molecule has 0 bridgehead atoms. The highest BCUT2D eigenvalue weighted by Crippen LogP contribution is 2.38. The van der Waals surface area contributed by atoms with Gasteiger partial charge in [0.2, 0.25) is 0 Å². The van der Waals surface area contributed by atoms with Crippen LogP contribution in [0.1, 0.15) is 20.8 Å². The molecule has 2 aliphatic rings. The molecule has 0 saturated carbocycles. The molecule has 94 valence electrons. The molecule has 0 aromatic rings. The fourth-order valence-corrected chi connectivity index (χ4v) is 3.29. The lowest BCUT2D eigenvalue weighted by atomic mass is 10.1. The van der Waals surface area contributed by atoms with Crippen molar-refractivity contribution in [2.24, 2.45) is 0 Å². The largest absolute Gasteiger partial charge is 0.444 e. The van der Waals surface area contributed by atoms with Crippen LogP contribution in [0.2, 0.25) is 0 Å². The van der Waals surface area contributed by atoms with Gasteiger partial charge in [-0.15, -0.1) is 11.8 Å². The zero-order valence-corrected chi connectivity index (χ0v) is 11.1. The lowest BCUT2D eigenvalue weighted by Crippen LogP contribution is -2.67. The molecule has 17 heavy (non-hydrogen) atoms. The third kappa shape index (κ3) is 2.67. The molecule has 1 amide bonds. The predicted molar refractivity (Wildman–Crippen MR) is 65.5 cm³/mol. The van der Waals surface area contributed by atoms with Gasteiger partial charge in [-0.3, -0.25) is 5.32 Å². The molecule has 2 fully saturated rings. The fourth-order valence-electron chi connectivity index (χ4n) is 1.92. The van der Waals surface area contributed by atoms with Crippen molar-refractivity contribution in [1.82, 2.24) is 10.2 Å². The average Bonchev–Trinajstić information content (AvgIpc) is 2.56. The molecule has 0 aromatic heterocycles. The lowest BCUT2D eigenvalue weighted by molar-refractivity contribution is 0.00132. The predicted octanol–water partition coefficient (Wildman–Crippen LogP) is 1.16. The van der Waals surface area contributed by atoms with Gasteiger partial charge in [-0.2, -0.15) is 5.26 Å². The zero-order chi connectivity index (χ0) is 12.7. The van der Waals surface area contributed by atoms with Crippen LogP contribution in [0, 0.1) is 11.3 Å². The number of nitrogens with one attached hydrogen (secondary N) is 1. The van der Waals surface area contributed by atoms with Crippen LogP contribution in [0.25, 0.3) is 0 Å². The smallest absolute Gasteiger partial charge is 0.410 e. The van der Waals surface area contributed by atoms with Crippen molar-refractivity contribution in [2.45, 2.75) is 37.3 Å². The Hall–Kier alpha value is -0.930. The minimum atomic E-state index is -0.453. The Bertz CT molecular complexity index is 366. The first-order valence-electron chi connectivity index (χ1n) is 5.63. The van der Waals surface area contributed by atoms with Gasteiger partial charge in [0.05, 0.1) is 19.2 Å². The van der Waals surface area contributed by atoms with E-state index in [2.05, 4.69) is 11.4 Å². The lowest BCUT2D eigenvalue weighted by Gasteiger charge is -2.47. The minimum absolute atomic E-state index is 0.0965. The van der Waals surface area contributed by atoms with Gasteiger partial charge >= 0.3 is 6.09 Å². The minimum Gasteiger partial charge on any atom is -0.444 e. The van der Waals surface area contributed by atoms with Crippen LogP contribution in [0.4, 0.5) is 4.79 Å². The summed E-state index contributed by atoms with van der Waals surface area (Å²) in [5.41, 5.74) is -0.453. The summed E-state index contributed by atoms with van der Waals surface area (Å²) in [6.45, 7) is 6.80. The van der Waals surface area contributed by atoms with Crippen LogP contribution in [-0.4, -0.2) is 46.3 Å². The molecule has 2 rings (SSSR count). The molecule has 5 nitrogen and oxygen atoms in total. The monoisotopic (exact) mass is 255 g/mol. The van der Waals surface area contributed by atoms with Crippen LogP contribution in [0.15, 0.2) is 0 Å². The first kappa shape index (κ1) is 12.5. The highest BCUT2D eigenvalue weighted by Gasteiger charge is 2.51. The van der Waals surface area contributed by atoms with Crippen molar-refractivity contribution in [3.63, 3.8) is 0 Å². The number of thioether (sulfide) groups is 1. The van der Waals surface area contributed by atoms with Crippen molar-refractivity contribution in [3.05, 3.63) is 0 Å². The molecule has 1 spiro atoms. The summed E-state index contributed by atoms with van der Waals surface area (Å²) in [5, 5.41) is 12.1. The van der Waals surface area contributed by atoms with Crippen molar-refractivity contribution < 1.29 is 9.53 Å². The summed E-state index contributed by atoms with van der Waals surface area (Å²) in [6.07, 6.45) is -0.272. The maximum absolute atomic E-state index is 11.7. The average molecular weight is 255 g/mol. The Labute approximate surface area is 105 Å². The molecule has 0 aliphatic carbocycles. The maximum atomic E-state index is 11.7. The van der Waals surface area contributed by atoms with E-state index in [0.717, 1.165) is 5.75 Å². The van der Waals surface area contributed by atoms with Crippen molar-refractivity contribution in [2.75, 3.05) is 18.8 Å². The number of likely N-dealkylation sites (tertiary alicyclic amines) is 1. The molecule has 2 saturated heterocycles. The van der Waals surface area contributed by atoms with E-state index < -0.39 is 5.60 Å². The van der Waals surface area contributed by atoms with Gasteiger partial charge in [0, 0.05) is 5.75 Å². The summed E-state index contributed by atoms with van der Waals surface area (Å²) in [6, 6.07) is 2.11. The number of hydrogen-bond acceptors (Lipinski definition) is 5. The Morgan fingerprint density at radius 2 is 2.24 bits per heavy atom. The highest BCUT2D eigenvalue weighted by atomic mass is 32.2. The van der Waals surface area contributed by atoms with Crippen LogP contribution in [0.5, 0.6) is 0 Å². The second-order valence-corrected chi connectivity index (χ2v) is 6.87. The molecule has 2 heterocycles. The molecule has 1 N–H and O–H groups in total. The summed E-state index contributed by atoms with van der Waals surface area (Å²) in [5.74, 6) is 0.790. The quantitative estimate of drug-likeness (QED) is 0.703. The summed E-state index contributed by atoms with van der Waals surface area (Å²) in [4.78, 5) is 13.3. The molecule has 6 heteroatoms. The Kier molecular flexibility index (Phi) is 3.00. The number of carbonyl (C=O) groups excluding carboxylic acids is 1. The normalized spacial score (nSPS) is 26.5. The second kappa shape index (κ2) is 4.07. The van der Waals surface area contributed by atoms with Crippen molar-refractivity contribution in [1.29, 1.82) is 5.26 Å². The number of carbonyl (C=O) groups is 1. The number of nitriles is 1. The van der Waals surface area contributed by atoms with Gasteiger partial charge in [0.1, 0.15) is 16.5 Å². The number of amides is 1. The zero-order valence-electron chi connectivity index (χ0n) is 10.3. The first-order valence-corrected chi connectivity index (χ1v) is 6.61. The Morgan fingerprint density at radius 3 is 2.71 bits per heavy atom. The van der Waals surface area contributed by atoms with E-state index in [4.69, 9.17) is 10.00 Å². The standard InChI is InChI=1S/C11H17N3O2S/c1-10(2,3)16-9(15)14-6-11(7-14)13-8(4-12)5-17-11/h8,13H,5-7H2,1-3H3/t8-/m1/s1. The number of hydrogen-bond donors (Lipinski definition) is 1. The molecule has 1 atom stereocenters. The van der Waals surface area contributed by atoms with E-state index in [0.29, 0.717) is 13.1 Å². The van der Waals surface area contributed by atoms with Crippen LogP contribution in [-0.2, 0) is 4.74 Å². The van der Waals surface area contributed by atoms with Gasteiger partial charge in [-0.1, -0.05) is 0 Å². The summed E-state index contributed by atoms with van der Waals surface area (Å²) < 4.78 is 5.28. The molecular weight excluding hydrogens is 238 g/mol. The molecule has 0 radical (unpaired) electrons. The van der Waals surface area contributed by atoms with Gasteiger partial charge in [0.15, 0.2) is 0 Å². The van der Waals surface area contributed by atoms with Crippen molar-refractivity contribution in [3.8, 4) is 6.07 Å². The number of ether oxygens (including phenoxy) is 1. The Morgan fingerprint density at radius 1 is 1.59 bits per heavy atom. The summed E-state index contributed by atoms with van der Waals surface area (Å²) >= 11 is 1.72. The third-order valence-electron chi connectivity index (χ3n) is 2.66. The SMILES string of the molecule is CC(C)(C)OC(=O)N1CC2(C1)N[C@H](C#N)CS2. The fraction of sp³-hybridized carbons (Fsp3) is 0.818. The van der Waals surface area contributed by atoms with E-state index >= 15 is 0 Å². The van der Waals surface area contributed by atoms with E-state index in [9.17, 15) is 4.79 Å². The molecule has 0 aromatic carbocycles. The van der Waals surface area contributed by atoms with Gasteiger partial charge in [-0.05, 0) is 20.8 Å². The number of rotatable bonds is 0. The maximum Gasteiger partial charge on any atom is 0.410 e. The molecule has 2 aliphatic heterocycles. The second-order valence-electron chi connectivity index (χ2n) is 5.47. The van der Waals surface area contributed by atoms with Gasteiger partial charge < -0.3 is 9.64 Å². The van der Waals surface area contributed by atoms with Crippen LogP contribution < -0.4 is 5.32 Å². The third-order valence-corrected chi connectivity index (χ3v) is 4.09. The summed E-state index contributed by atoms with van der Waals surface area (Å²) in [7, 11) is 0. The number of nitrogens with zero attached hydrogens (tertiary/aromatic N) is 2. The Balaban J connectivity index is 1.83. The van der Waals surface area contributed by atoms with Crippen molar-refractivity contribution >= 4 is 17.9 Å². The molecule has 0 unspecified atom stereocenters. The van der Waals surface area contributed by atoms with E-state index in [1.54, 1.807) is 16.7 Å². The molecular formula is C11H17N3O2S. The van der Waals surface area contributed by atoms with E-state index in [1.165, 1.54) is 0 Å². The highest BCUT2D eigenvalue weighted by molar-refractivity contribution is 8.01. The van der Waals surface area contributed by atoms with Crippen LogP contribution >= 0.6 is 11.8 Å². The topological polar surface area (TPSA) is 65.4 Å². The first-order chi connectivity index (χ1) is 7.84. The van der Waals surface area contributed by atoms with Gasteiger partial charge in [0.25, 0.3) is 0 Å². The van der Waals surface area contributed by atoms with E-state index in [-0.39, 0.29) is 17.0 Å².